The van der Waals surface area contributed by atoms with Crippen LogP contribution in [0.5, 0.6) is 11.5 Å². The molecule has 0 bridgehead atoms. The molecule has 0 saturated carbocycles. The highest BCUT2D eigenvalue weighted by molar-refractivity contribution is 6.08. The predicted octanol–water partition coefficient (Wildman–Crippen LogP) is 0.666. The van der Waals surface area contributed by atoms with Gasteiger partial charge in [0.25, 0.3) is 5.91 Å². The SMILES string of the molecule is Cn1ncc(N)c1NC(=O)c1c(O)cccc1O. The number of nitrogens with zero attached hydrogens (tertiary/aromatic N) is 2. The van der Waals surface area contributed by atoms with E-state index in [0.29, 0.717) is 11.5 Å². The normalized spacial score (nSPS) is 10.3. The summed E-state index contributed by atoms with van der Waals surface area (Å²) in [5.41, 5.74) is 5.70. The number of nitrogen functional groups attached to an aromatic ring is 1. The summed E-state index contributed by atoms with van der Waals surface area (Å²) >= 11 is 0. The molecule has 0 unspecified atom stereocenters. The van der Waals surface area contributed by atoms with Crippen molar-refractivity contribution in [1.29, 1.82) is 0 Å². The quantitative estimate of drug-likeness (QED) is 0.623. The van der Waals surface area contributed by atoms with Crippen LogP contribution in [0.3, 0.4) is 0 Å². The van der Waals surface area contributed by atoms with Gasteiger partial charge in [0.15, 0.2) is 5.82 Å². The summed E-state index contributed by atoms with van der Waals surface area (Å²) in [6.07, 6.45) is 1.39. The number of hydrogen-bond acceptors (Lipinski definition) is 5. The van der Waals surface area contributed by atoms with Gasteiger partial charge in [-0.1, -0.05) is 6.07 Å². The number of benzene rings is 1. The Hall–Kier alpha value is -2.70. The largest absolute Gasteiger partial charge is 0.507 e. The van der Waals surface area contributed by atoms with E-state index in [1.165, 1.54) is 29.1 Å². The van der Waals surface area contributed by atoms with Gasteiger partial charge in [-0.05, 0) is 12.1 Å². The lowest BCUT2D eigenvalue weighted by molar-refractivity contribution is 0.102. The van der Waals surface area contributed by atoms with Crippen LogP contribution in [0.4, 0.5) is 11.5 Å². The Morgan fingerprint density at radius 3 is 2.50 bits per heavy atom. The molecular formula is C11H12N4O3. The van der Waals surface area contributed by atoms with Crippen LogP contribution in [0.25, 0.3) is 0 Å². The van der Waals surface area contributed by atoms with Gasteiger partial charge in [-0.2, -0.15) is 5.10 Å². The van der Waals surface area contributed by atoms with Gasteiger partial charge >= 0.3 is 0 Å². The summed E-state index contributed by atoms with van der Waals surface area (Å²) in [4.78, 5) is 11.9. The molecule has 0 aliphatic carbocycles. The number of rotatable bonds is 2. The minimum atomic E-state index is -0.666. The van der Waals surface area contributed by atoms with Gasteiger partial charge in [-0.3, -0.25) is 9.48 Å². The number of aromatic nitrogens is 2. The average molecular weight is 248 g/mol. The number of carbonyl (C=O) groups is 1. The molecule has 0 fully saturated rings. The average Bonchev–Trinajstić information content (AvgIpc) is 2.60. The monoisotopic (exact) mass is 248 g/mol. The number of amides is 1. The molecular weight excluding hydrogens is 236 g/mol. The number of aryl methyl sites for hydroxylation is 1. The molecule has 94 valence electrons. The first-order chi connectivity index (χ1) is 8.50. The molecule has 1 aromatic heterocycles. The van der Waals surface area contributed by atoms with Crippen molar-refractivity contribution in [3.63, 3.8) is 0 Å². The molecule has 7 nitrogen and oxygen atoms in total. The molecule has 0 atom stereocenters. The van der Waals surface area contributed by atoms with E-state index in [1.54, 1.807) is 7.05 Å². The molecule has 18 heavy (non-hydrogen) atoms. The molecule has 0 aliphatic heterocycles. The molecule has 0 radical (unpaired) electrons. The second-order valence-electron chi connectivity index (χ2n) is 3.70. The molecule has 0 spiro atoms. The second-order valence-corrected chi connectivity index (χ2v) is 3.70. The molecule has 1 amide bonds. The van der Waals surface area contributed by atoms with Crippen molar-refractivity contribution < 1.29 is 15.0 Å². The third-order valence-corrected chi connectivity index (χ3v) is 2.45. The van der Waals surface area contributed by atoms with E-state index in [0.717, 1.165) is 0 Å². The van der Waals surface area contributed by atoms with Crippen LogP contribution in [0.15, 0.2) is 24.4 Å². The van der Waals surface area contributed by atoms with Crippen molar-refractivity contribution in [2.24, 2.45) is 7.05 Å². The van der Waals surface area contributed by atoms with Crippen molar-refractivity contribution >= 4 is 17.4 Å². The number of anilines is 2. The standard InChI is InChI=1S/C11H12N4O3/c1-15-10(6(12)5-13-15)14-11(18)9-7(16)3-2-4-8(9)17/h2-5,16-17H,12H2,1H3,(H,14,18). The van der Waals surface area contributed by atoms with E-state index in [9.17, 15) is 15.0 Å². The third kappa shape index (κ3) is 1.93. The first-order valence-electron chi connectivity index (χ1n) is 5.10. The van der Waals surface area contributed by atoms with Crippen LogP contribution < -0.4 is 11.1 Å². The Morgan fingerprint density at radius 1 is 1.39 bits per heavy atom. The van der Waals surface area contributed by atoms with E-state index >= 15 is 0 Å². The van der Waals surface area contributed by atoms with E-state index in [1.807, 2.05) is 0 Å². The number of phenols is 2. The zero-order chi connectivity index (χ0) is 13.3. The van der Waals surface area contributed by atoms with Crippen molar-refractivity contribution in [1.82, 2.24) is 9.78 Å². The molecule has 5 N–H and O–H groups in total. The van der Waals surface area contributed by atoms with Crippen LogP contribution in [0.2, 0.25) is 0 Å². The molecule has 2 aromatic rings. The van der Waals surface area contributed by atoms with Gasteiger partial charge in [-0.15, -0.1) is 0 Å². The van der Waals surface area contributed by atoms with Crippen molar-refractivity contribution in [2.45, 2.75) is 0 Å². The fourth-order valence-corrected chi connectivity index (χ4v) is 1.54. The lowest BCUT2D eigenvalue weighted by Gasteiger charge is -2.09. The van der Waals surface area contributed by atoms with Gasteiger partial charge in [0.1, 0.15) is 17.1 Å². The lowest BCUT2D eigenvalue weighted by Crippen LogP contribution is -2.16. The molecule has 0 saturated heterocycles. The van der Waals surface area contributed by atoms with Crippen LogP contribution in [-0.4, -0.2) is 25.9 Å². The molecule has 0 aliphatic rings. The van der Waals surface area contributed by atoms with E-state index < -0.39 is 5.91 Å². The first-order valence-corrected chi connectivity index (χ1v) is 5.10. The summed E-state index contributed by atoms with van der Waals surface area (Å²) in [5.74, 6) is -0.995. The minimum Gasteiger partial charge on any atom is -0.507 e. The minimum absolute atomic E-state index is 0.210. The highest BCUT2D eigenvalue weighted by Crippen LogP contribution is 2.27. The summed E-state index contributed by atoms with van der Waals surface area (Å²) in [6, 6.07) is 4.04. The van der Waals surface area contributed by atoms with E-state index in [4.69, 9.17) is 5.73 Å². The summed E-state index contributed by atoms with van der Waals surface area (Å²) in [6.45, 7) is 0. The van der Waals surface area contributed by atoms with Gasteiger partial charge in [0.2, 0.25) is 0 Å². The van der Waals surface area contributed by atoms with Gasteiger partial charge < -0.3 is 21.3 Å². The number of aromatic hydroxyl groups is 2. The fourth-order valence-electron chi connectivity index (χ4n) is 1.54. The first kappa shape index (κ1) is 11.8. The van der Waals surface area contributed by atoms with Gasteiger partial charge in [0.05, 0.1) is 11.9 Å². The zero-order valence-electron chi connectivity index (χ0n) is 9.58. The highest BCUT2D eigenvalue weighted by Gasteiger charge is 2.18. The lowest BCUT2D eigenvalue weighted by atomic mass is 10.1. The smallest absolute Gasteiger partial charge is 0.264 e. The summed E-state index contributed by atoms with van der Waals surface area (Å²) < 4.78 is 1.38. The maximum absolute atomic E-state index is 11.9. The van der Waals surface area contributed by atoms with Crippen LogP contribution in [-0.2, 0) is 7.05 Å². The molecule has 1 heterocycles. The van der Waals surface area contributed by atoms with Crippen molar-refractivity contribution in [3.8, 4) is 11.5 Å². The topological polar surface area (TPSA) is 113 Å². The Labute approximate surface area is 102 Å². The van der Waals surface area contributed by atoms with Crippen LogP contribution in [0.1, 0.15) is 10.4 Å². The molecule has 2 rings (SSSR count). The van der Waals surface area contributed by atoms with E-state index in [2.05, 4.69) is 10.4 Å². The fraction of sp³-hybridized carbons (Fsp3) is 0.0909. The number of carbonyl (C=O) groups excluding carboxylic acids is 1. The van der Waals surface area contributed by atoms with Crippen molar-refractivity contribution in [2.75, 3.05) is 11.1 Å². The Morgan fingerprint density at radius 2 is 2.00 bits per heavy atom. The Bertz CT molecular complexity index is 567. The van der Waals surface area contributed by atoms with Crippen LogP contribution >= 0.6 is 0 Å². The predicted molar refractivity (Wildman–Crippen MR) is 65.3 cm³/mol. The maximum atomic E-state index is 11.9. The molecule has 1 aromatic carbocycles. The Balaban J connectivity index is 2.34. The zero-order valence-corrected chi connectivity index (χ0v) is 9.58. The number of phenolic OH excluding ortho intramolecular Hbond substituents is 2. The van der Waals surface area contributed by atoms with Gasteiger partial charge in [0, 0.05) is 7.05 Å². The molecule has 7 heteroatoms. The summed E-state index contributed by atoms with van der Waals surface area (Å²) in [5, 5.41) is 25.4. The van der Waals surface area contributed by atoms with Gasteiger partial charge in [-0.25, -0.2) is 0 Å². The highest BCUT2D eigenvalue weighted by atomic mass is 16.3. The van der Waals surface area contributed by atoms with Crippen LogP contribution in [0, 0.1) is 0 Å². The number of nitrogens with one attached hydrogen (secondary N) is 1. The second kappa shape index (κ2) is 4.28. The number of nitrogens with two attached hydrogens (primary N) is 1. The Kier molecular flexibility index (Phi) is 2.80. The van der Waals surface area contributed by atoms with E-state index in [-0.39, 0.29) is 17.1 Å². The maximum Gasteiger partial charge on any atom is 0.264 e. The summed E-state index contributed by atoms with van der Waals surface area (Å²) in [7, 11) is 1.61. The van der Waals surface area contributed by atoms with Crippen molar-refractivity contribution in [3.05, 3.63) is 30.0 Å². The number of hydrogen-bond donors (Lipinski definition) is 4. The third-order valence-electron chi connectivity index (χ3n) is 2.45.